The van der Waals surface area contributed by atoms with Gasteiger partial charge in [0.2, 0.25) is 0 Å². The summed E-state index contributed by atoms with van der Waals surface area (Å²) in [6.45, 7) is 3.22. The molecule has 0 heterocycles. The average molecular weight is 223 g/mol. The molecule has 5 nitrogen and oxygen atoms in total. The second kappa shape index (κ2) is 4.86. The fraction of sp³-hybridized carbons (Fsp3) is 0.875. The molecule has 0 spiro atoms. The van der Waals surface area contributed by atoms with E-state index >= 15 is 0 Å². The number of unbranched alkanes of at least 4 members (excludes halogenated alkanes) is 1. The molecule has 0 saturated carbocycles. The Kier molecular flexibility index (Phi) is 4.70. The molecule has 0 aromatic rings. The van der Waals surface area contributed by atoms with Crippen molar-refractivity contribution in [2.45, 2.75) is 38.6 Å². The molecule has 0 aromatic carbocycles. The summed E-state index contributed by atoms with van der Waals surface area (Å²) in [5.41, 5.74) is 4.67. The Hall–Kier alpha value is -0.460. The molecule has 0 fully saturated rings. The number of hydrogen-bond donors (Lipinski definition) is 2. The summed E-state index contributed by atoms with van der Waals surface area (Å²) < 4.78 is 29.0. The fourth-order valence-corrected chi connectivity index (χ4v) is 1.46. The third kappa shape index (κ3) is 6.99. The number of ketones is 1. The van der Waals surface area contributed by atoms with E-state index in [9.17, 15) is 13.2 Å². The lowest BCUT2D eigenvalue weighted by atomic mass is 9.96. The summed E-state index contributed by atoms with van der Waals surface area (Å²) in [6.07, 6.45) is 0.957. The molecule has 3 N–H and O–H groups in total. The van der Waals surface area contributed by atoms with E-state index in [1.165, 1.54) is 0 Å². The molecule has 6 heteroatoms. The summed E-state index contributed by atoms with van der Waals surface area (Å²) in [6, 6.07) is 0. The van der Waals surface area contributed by atoms with Crippen molar-refractivity contribution in [1.29, 1.82) is 0 Å². The number of Topliss-reactive ketones (excluding diaryl/α,β-unsaturated/α-hetero) is 1. The molecule has 0 unspecified atom stereocenters. The van der Waals surface area contributed by atoms with Crippen LogP contribution in [0.25, 0.3) is 0 Å². The summed E-state index contributed by atoms with van der Waals surface area (Å²) in [5.74, 6) is -0.404. The summed E-state index contributed by atoms with van der Waals surface area (Å²) in [7, 11) is -3.90. The van der Waals surface area contributed by atoms with E-state index in [1.54, 1.807) is 13.8 Å². The standard InChI is InChI=1S/C8H17NO4S/c1-8(2,9)7(10)5-3-4-6-14(11,12)13/h3-6,9H2,1-2H3,(H,11,12,13). The Morgan fingerprint density at radius 2 is 1.86 bits per heavy atom. The highest BCUT2D eigenvalue weighted by molar-refractivity contribution is 7.85. The molecule has 0 amide bonds. The zero-order valence-corrected chi connectivity index (χ0v) is 9.30. The van der Waals surface area contributed by atoms with Crippen molar-refractivity contribution < 1.29 is 17.8 Å². The third-order valence-electron chi connectivity index (χ3n) is 1.77. The Morgan fingerprint density at radius 1 is 1.36 bits per heavy atom. The molecule has 0 aliphatic rings. The summed E-state index contributed by atoms with van der Waals surface area (Å²) in [5, 5.41) is 0. The van der Waals surface area contributed by atoms with Crippen molar-refractivity contribution >= 4 is 15.9 Å². The Labute approximate surface area is 84.4 Å². The van der Waals surface area contributed by atoms with E-state index in [2.05, 4.69) is 0 Å². The van der Waals surface area contributed by atoms with Gasteiger partial charge in [-0.1, -0.05) is 0 Å². The van der Waals surface area contributed by atoms with Crippen LogP contribution < -0.4 is 5.73 Å². The molecule has 0 aromatic heterocycles. The largest absolute Gasteiger partial charge is 0.319 e. The van der Waals surface area contributed by atoms with Crippen LogP contribution in [0.1, 0.15) is 33.1 Å². The van der Waals surface area contributed by atoms with Gasteiger partial charge in [-0.05, 0) is 26.7 Å². The van der Waals surface area contributed by atoms with Crippen LogP contribution in [0.15, 0.2) is 0 Å². The Balaban J connectivity index is 3.72. The van der Waals surface area contributed by atoms with Gasteiger partial charge in [0.25, 0.3) is 10.1 Å². The van der Waals surface area contributed by atoms with Crippen LogP contribution in [0.3, 0.4) is 0 Å². The first-order chi connectivity index (χ1) is 6.13. The maximum Gasteiger partial charge on any atom is 0.264 e. The van der Waals surface area contributed by atoms with Crippen molar-refractivity contribution in [2.75, 3.05) is 5.75 Å². The number of hydrogen-bond acceptors (Lipinski definition) is 4. The van der Waals surface area contributed by atoms with Crippen molar-refractivity contribution in [1.82, 2.24) is 0 Å². The molecule has 0 atom stereocenters. The van der Waals surface area contributed by atoms with E-state index in [0.29, 0.717) is 6.42 Å². The van der Waals surface area contributed by atoms with E-state index < -0.39 is 15.7 Å². The first-order valence-electron chi connectivity index (χ1n) is 4.40. The van der Waals surface area contributed by atoms with Gasteiger partial charge in [-0.15, -0.1) is 0 Å². The predicted molar refractivity (Wildman–Crippen MR) is 53.5 cm³/mol. The first kappa shape index (κ1) is 13.5. The predicted octanol–water partition coefficient (Wildman–Crippen LogP) is 0.351. The normalized spacial score (nSPS) is 12.9. The van der Waals surface area contributed by atoms with Crippen LogP contribution >= 0.6 is 0 Å². The molecule has 14 heavy (non-hydrogen) atoms. The van der Waals surface area contributed by atoms with E-state index in [1.807, 2.05) is 0 Å². The molecule has 0 aliphatic heterocycles. The molecule has 0 bridgehead atoms. The van der Waals surface area contributed by atoms with Gasteiger partial charge in [0.05, 0.1) is 11.3 Å². The first-order valence-corrected chi connectivity index (χ1v) is 6.01. The lowest BCUT2D eigenvalue weighted by Crippen LogP contribution is -2.41. The highest BCUT2D eigenvalue weighted by Gasteiger charge is 2.20. The van der Waals surface area contributed by atoms with Gasteiger partial charge in [0, 0.05) is 6.42 Å². The van der Waals surface area contributed by atoms with Crippen LogP contribution in [-0.4, -0.2) is 30.0 Å². The van der Waals surface area contributed by atoms with Crippen LogP contribution in [-0.2, 0) is 14.9 Å². The Morgan fingerprint density at radius 3 is 2.21 bits per heavy atom. The average Bonchev–Trinajstić information content (AvgIpc) is 1.93. The van der Waals surface area contributed by atoms with Crippen LogP contribution in [0, 0.1) is 0 Å². The zero-order valence-electron chi connectivity index (χ0n) is 8.49. The van der Waals surface area contributed by atoms with E-state index in [0.717, 1.165) is 0 Å². The highest BCUT2D eigenvalue weighted by atomic mass is 32.2. The van der Waals surface area contributed by atoms with Crippen molar-refractivity contribution in [3.8, 4) is 0 Å². The number of carbonyl (C=O) groups is 1. The van der Waals surface area contributed by atoms with Gasteiger partial charge in [0.15, 0.2) is 5.78 Å². The van der Waals surface area contributed by atoms with Gasteiger partial charge in [-0.3, -0.25) is 9.35 Å². The number of carbonyl (C=O) groups excluding carboxylic acids is 1. The maximum absolute atomic E-state index is 11.3. The topological polar surface area (TPSA) is 97.5 Å². The molecular formula is C8H17NO4S. The van der Waals surface area contributed by atoms with E-state index in [4.69, 9.17) is 10.3 Å². The highest BCUT2D eigenvalue weighted by Crippen LogP contribution is 2.07. The zero-order chi connectivity index (χ0) is 11.4. The smallest absolute Gasteiger partial charge is 0.264 e. The molecule has 0 saturated heterocycles. The van der Waals surface area contributed by atoms with E-state index in [-0.39, 0.29) is 24.4 Å². The van der Waals surface area contributed by atoms with Crippen molar-refractivity contribution in [3.05, 3.63) is 0 Å². The molecule has 0 rings (SSSR count). The molecule has 84 valence electrons. The van der Waals surface area contributed by atoms with Crippen molar-refractivity contribution in [2.24, 2.45) is 5.73 Å². The van der Waals surface area contributed by atoms with Crippen molar-refractivity contribution in [3.63, 3.8) is 0 Å². The SMILES string of the molecule is CC(C)(N)C(=O)CCCCS(=O)(=O)O. The van der Waals surface area contributed by atoms with Gasteiger partial charge in [0.1, 0.15) is 0 Å². The van der Waals surface area contributed by atoms with Crippen LogP contribution in [0.4, 0.5) is 0 Å². The quantitative estimate of drug-likeness (QED) is 0.500. The van der Waals surface area contributed by atoms with Gasteiger partial charge in [-0.25, -0.2) is 0 Å². The number of rotatable bonds is 6. The second-order valence-corrected chi connectivity index (χ2v) is 5.46. The lowest BCUT2D eigenvalue weighted by Gasteiger charge is -2.16. The Bertz CT molecular complexity index is 289. The minimum atomic E-state index is -3.90. The fourth-order valence-electron chi connectivity index (χ4n) is 0.892. The monoisotopic (exact) mass is 223 g/mol. The minimum Gasteiger partial charge on any atom is -0.319 e. The lowest BCUT2D eigenvalue weighted by molar-refractivity contribution is -0.123. The summed E-state index contributed by atoms with van der Waals surface area (Å²) in [4.78, 5) is 11.3. The minimum absolute atomic E-state index is 0.104. The second-order valence-electron chi connectivity index (χ2n) is 3.89. The van der Waals surface area contributed by atoms with Gasteiger partial charge >= 0.3 is 0 Å². The maximum atomic E-state index is 11.3. The number of nitrogens with two attached hydrogens (primary N) is 1. The van der Waals surface area contributed by atoms with Crippen LogP contribution in [0.5, 0.6) is 0 Å². The van der Waals surface area contributed by atoms with Crippen LogP contribution in [0.2, 0.25) is 0 Å². The molecule has 0 aliphatic carbocycles. The van der Waals surface area contributed by atoms with Gasteiger partial charge < -0.3 is 5.73 Å². The van der Waals surface area contributed by atoms with Gasteiger partial charge in [-0.2, -0.15) is 8.42 Å². The molecular weight excluding hydrogens is 206 g/mol. The summed E-state index contributed by atoms with van der Waals surface area (Å²) >= 11 is 0. The third-order valence-corrected chi connectivity index (χ3v) is 2.58. The molecule has 0 radical (unpaired) electrons.